The molecule has 0 spiro atoms. The third-order valence-electron chi connectivity index (χ3n) is 11.4. The molecule has 0 unspecified atom stereocenters. The predicted octanol–water partition coefficient (Wildman–Crippen LogP) is 4.20. The van der Waals surface area contributed by atoms with E-state index in [1.165, 1.54) is 12.0 Å². The van der Waals surface area contributed by atoms with Gasteiger partial charge in [0.25, 0.3) is 5.91 Å². The Morgan fingerprint density at radius 2 is 1.83 bits per heavy atom. The molecule has 58 heavy (non-hydrogen) atoms. The molecule has 3 fully saturated rings. The molecule has 0 radical (unpaired) electrons. The summed E-state index contributed by atoms with van der Waals surface area (Å²) >= 11 is 0. The molecule has 2 aromatic rings. The first-order chi connectivity index (χ1) is 27.2. The highest BCUT2D eigenvalue weighted by atomic mass is 32.2. The van der Waals surface area contributed by atoms with Gasteiger partial charge in [-0.25, -0.2) is 13.2 Å². The minimum Gasteiger partial charge on any atom is -0.497 e. The number of anilines is 1. The zero-order valence-electron chi connectivity index (χ0n) is 33.3. The van der Waals surface area contributed by atoms with Crippen molar-refractivity contribution in [3.8, 4) is 11.6 Å². The highest BCUT2D eigenvalue weighted by Gasteiger charge is 2.62. The number of rotatable bonds is 9. The summed E-state index contributed by atoms with van der Waals surface area (Å²) in [6.45, 7) is 4.08. The smallest absolute Gasteiger partial charge is 0.425 e. The number of methoxy groups -OCH3 is 1. The highest BCUT2D eigenvalue weighted by Crippen LogP contribution is 2.46. The number of benzene rings is 1. The van der Waals surface area contributed by atoms with Gasteiger partial charge in [0.05, 0.1) is 18.9 Å². The highest BCUT2D eigenvalue weighted by molar-refractivity contribution is 7.91. The van der Waals surface area contributed by atoms with Crippen molar-refractivity contribution in [3.63, 3.8) is 0 Å². The fourth-order valence-electron chi connectivity index (χ4n) is 7.68. The van der Waals surface area contributed by atoms with Gasteiger partial charge >= 0.3 is 12.3 Å². The number of ether oxygens (including phenoxy) is 3. The van der Waals surface area contributed by atoms with Gasteiger partial charge in [0.1, 0.15) is 35.3 Å². The molecule has 3 N–H and O–H groups in total. The molecule has 1 aromatic carbocycles. The number of sulfonamides is 1. The molecule has 15 nitrogen and oxygen atoms in total. The number of carbonyl (C=O) groups is 4. The Hall–Kier alpha value is -4.81. The van der Waals surface area contributed by atoms with Crippen LogP contribution in [-0.2, 0) is 29.1 Å². The molecular formula is C39H51F3N6O9S. The number of aromatic nitrogens is 1. The zero-order valence-corrected chi connectivity index (χ0v) is 34.1. The zero-order chi connectivity index (χ0) is 42.3. The summed E-state index contributed by atoms with van der Waals surface area (Å²) in [5.74, 6) is -2.32. The van der Waals surface area contributed by atoms with E-state index in [9.17, 15) is 40.8 Å². The number of nitrogens with zero attached hydrogens (tertiary/aromatic N) is 3. The van der Waals surface area contributed by atoms with E-state index in [0.29, 0.717) is 56.0 Å². The lowest BCUT2D eigenvalue weighted by atomic mass is 9.88. The van der Waals surface area contributed by atoms with E-state index in [1.54, 1.807) is 50.2 Å². The Morgan fingerprint density at radius 3 is 2.48 bits per heavy atom. The van der Waals surface area contributed by atoms with Gasteiger partial charge in [-0.15, -0.1) is 0 Å². The molecule has 1 saturated heterocycles. The first kappa shape index (κ1) is 42.8. The van der Waals surface area contributed by atoms with Crippen LogP contribution in [0.5, 0.6) is 11.6 Å². The maximum atomic E-state index is 14.7. The summed E-state index contributed by atoms with van der Waals surface area (Å²) < 4.78 is 84.6. The first-order valence-electron chi connectivity index (χ1n) is 19.4. The summed E-state index contributed by atoms with van der Waals surface area (Å²) in [6.07, 6.45) is -3.66. The maximum Gasteiger partial charge on any atom is 0.425 e. The third-order valence-corrected chi connectivity index (χ3v) is 13.2. The van der Waals surface area contributed by atoms with Crippen LogP contribution in [0.2, 0.25) is 0 Å². The quantitative estimate of drug-likeness (QED) is 0.308. The number of carbonyl (C=O) groups excluding carboxylic acids is 4. The number of amides is 4. The molecule has 318 valence electrons. The number of allylic oxidation sites excluding steroid dienone is 1. The average Bonchev–Trinajstić information content (AvgIpc) is 4.08. The second-order valence-electron chi connectivity index (χ2n) is 16.2. The van der Waals surface area contributed by atoms with Crippen molar-refractivity contribution in [1.82, 2.24) is 25.2 Å². The number of alkyl carbamates (subject to hydrolysis) is 1. The molecular weight excluding hydrogens is 786 g/mol. The summed E-state index contributed by atoms with van der Waals surface area (Å²) in [7, 11) is 1.15. The number of alkyl halides is 3. The Balaban J connectivity index is 1.37. The van der Waals surface area contributed by atoms with Gasteiger partial charge in [-0.2, -0.15) is 18.2 Å². The van der Waals surface area contributed by atoms with Crippen LogP contribution in [0.4, 0.5) is 23.8 Å². The summed E-state index contributed by atoms with van der Waals surface area (Å²) in [5, 5.41) is 5.80. The van der Waals surface area contributed by atoms with E-state index in [0.717, 1.165) is 5.39 Å². The van der Waals surface area contributed by atoms with Crippen molar-refractivity contribution in [3.05, 3.63) is 36.4 Å². The molecule has 19 heteroatoms. The van der Waals surface area contributed by atoms with Crippen molar-refractivity contribution < 1.29 is 55.0 Å². The lowest BCUT2D eigenvalue weighted by Crippen LogP contribution is -2.59. The van der Waals surface area contributed by atoms with E-state index in [-0.39, 0.29) is 31.2 Å². The van der Waals surface area contributed by atoms with E-state index < -0.39 is 86.9 Å². The summed E-state index contributed by atoms with van der Waals surface area (Å²) in [6, 6.07) is 4.39. The largest absolute Gasteiger partial charge is 0.497 e. The van der Waals surface area contributed by atoms with E-state index in [2.05, 4.69) is 20.1 Å². The third kappa shape index (κ3) is 9.39. The monoisotopic (exact) mass is 836 g/mol. The fourth-order valence-corrected chi connectivity index (χ4v) is 9.04. The van der Waals surface area contributed by atoms with Crippen LogP contribution in [0, 0.1) is 17.8 Å². The van der Waals surface area contributed by atoms with Crippen molar-refractivity contribution in [1.29, 1.82) is 0 Å². The molecule has 2 saturated carbocycles. The van der Waals surface area contributed by atoms with Crippen LogP contribution in [0.1, 0.15) is 65.7 Å². The number of fused-ring (bicyclic) bond motifs is 3. The summed E-state index contributed by atoms with van der Waals surface area (Å²) in [5.41, 5.74) is -1.63. The van der Waals surface area contributed by atoms with Gasteiger partial charge < -0.3 is 34.6 Å². The molecule has 1 aromatic heterocycles. The number of hydrogen-bond acceptors (Lipinski definition) is 11. The lowest BCUT2D eigenvalue weighted by molar-refractivity contribution is -0.197. The topological polar surface area (TPSA) is 186 Å². The van der Waals surface area contributed by atoms with Gasteiger partial charge in [-0.3, -0.25) is 19.1 Å². The second kappa shape index (κ2) is 16.4. The maximum absolute atomic E-state index is 14.7. The molecule has 2 aliphatic carbocycles. The molecule has 6 rings (SSSR count). The molecule has 8 atom stereocenters. The molecule has 3 heterocycles. The van der Waals surface area contributed by atoms with Crippen molar-refractivity contribution >= 4 is 50.4 Å². The van der Waals surface area contributed by atoms with Crippen LogP contribution in [0.3, 0.4) is 0 Å². The van der Waals surface area contributed by atoms with E-state index in [1.807, 2.05) is 19.1 Å². The van der Waals surface area contributed by atoms with Crippen molar-refractivity contribution in [2.24, 2.45) is 17.8 Å². The van der Waals surface area contributed by atoms with Crippen LogP contribution < -0.4 is 29.7 Å². The number of halogens is 3. The van der Waals surface area contributed by atoms with Crippen LogP contribution in [-0.4, -0.2) is 111 Å². The number of nitrogens with one attached hydrogen (secondary N) is 3. The van der Waals surface area contributed by atoms with Crippen molar-refractivity contribution in [2.45, 2.75) is 107 Å². The summed E-state index contributed by atoms with van der Waals surface area (Å²) in [4.78, 5) is 63.7. The van der Waals surface area contributed by atoms with Gasteiger partial charge in [0, 0.05) is 31.8 Å². The molecule has 0 bridgehead atoms. The minimum atomic E-state index is -4.85. The second-order valence-corrected chi connectivity index (χ2v) is 18.2. The standard InChI is InChI=1S/C39H51F3N6O9S/c1-21-9-7-8-10-25-19-38(25,36(51)46-58(53,54)28-12-13-28)45-33(49)30-18-27(57-34-29-14-11-26(55-6)16-24(29)17-31(43-34)47(4)5)20-48(30)35(50)32(22(2)15-21)44-37(52)56-23(3)39(40,41)42/h8,10-11,14,16-17,21-23,25,27-28,30,32H,7,9,12-13,15,18-20H2,1-6H3,(H,44,52)(H,45,49)(H,46,51)/b10-8-/t21-,22-,23-,25-,27-,30+,32+,38-/m1/s1. The van der Waals surface area contributed by atoms with Crippen LogP contribution >= 0.6 is 0 Å². The van der Waals surface area contributed by atoms with Crippen molar-refractivity contribution in [2.75, 3.05) is 32.6 Å². The number of hydrogen-bond donors (Lipinski definition) is 3. The molecule has 4 aliphatic rings. The Labute approximate surface area is 335 Å². The van der Waals surface area contributed by atoms with Gasteiger partial charge in [0.15, 0.2) is 6.10 Å². The van der Waals surface area contributed by atoms with Crippen LogP contribution in [0.15, 0.2) is 36.4 Å². The predicted molar refractivity (Wildman–Crippen MR) is 206 cm³/mol. The number of pyridine rings is 1. The minimum absolute atomic E-state index is 0.0323. The van der Waals surface area contributed by atoms with Crippen LogP contribution in [0.25, 0.3) is 10.8 Å². The van der Waals surface area contributed by atoms with E-state index in [4.69, 9.17) is 14.5 Å². The van der Waals surface area contributed by atoms with Gasteiger partial charge in [0.2, 0.25) is 27.7 Å². The normalized spacial score (nSPS) is 29.1. The fraction of sp³-hybridized carbons (Fsp3) is 0.615. The SMILES string of the molecule is COc1ccc2c(O[C@@H]3C[C@H]4C(=O)N[C@]5(C(=O)NS(=O)(=O)C6CC6)C[C@H]5/C=C\CC[C@@H](C)C[C@@H](C)[C@H](NC(=O)O[C@H](C)C(F)(F)F)C(=O)N4C3)nc(N(C)C)cc2c1. The van der Waals surface area contributed by atoms with E-state index >= 15 is 0 Å². The van der Waals surface area contributed by atoms with Gasteiger partial charge in [-0.1, -0.05) is 26.0 Å². The lowest BCUT2D eigenvalue weighted by Gasteiger charge is -2.33. The average molecular weight is 837 g/mol. The first-order valence-corrected chi connectivity index (χ1v) is 21.0. The Kier molecular flexibility index (Phi) is 12.1. The molecule has 4 amide bonds. The Bertz CT molecular complexity index is 2060. The van der Waals surface area contributed by atoms with Gasteiger partial charge in [-0.05, 0) is 86.9 Å². The molecule has 2 aliphatic heterocycles. The Morgan fingerprint density at radius 1 is 1.10 bits per heavy atom.